The van der Waals surface area contributed by atoms with Crippen molar-refractivity contribution >= 4 is 23.0 Å². The van der Waals surface area contributed by atoms with Gasteiger partial charge in [0.15, 0.2) is 0 Å². The number of anilines is 3. The van der Waals surface area contributed by atoms with E-state index in [9.17, 15) is 9.90 Å². The summed E-state index contributed by atoms with van der Waals surface area (Å²) in [7, 11) is 2.01. The summed E-state index contributed by atoms with van der Waals surface area (Å²) in [6.45, 7) is 7.40. The molecule has 5 rings (SSSR count). The Bertz CT molecular complexity index is 1280. The van der Waals surface area contributed by atoms with Gasteiger partial charge in [0, 0.05) is 38.3 Å². The number of carboxylic acids is 1. The third-order valence-electron chi connectivity index (χ3n) is 8.41. The van der Waals surface area contributed by atoms with Crippen LogP contribution in [0.5, 0.6) is 0 Å². The first-order valence-corrected chi connectivity index (χ1v) is 13.6. The van der Waals surface area contributed by atoms with Gasteiger partial charge < -0.3 is 15.8 Å². The molecule has 8 nitrogen and oxygen atoms in total. The van der Waals surface area contributed by atoms with Gasteiger partial charge in [0.1, 0.15) is 5.82 Å². The average Bonchev–Trinajstić information content (AvgIpc) is 3.49. The van der Waals surface area contributed by atoms with Gasteiger partial charge in [-0.1, -0.05) is 38.3 Å². The number of carbonyl (C=O) groups is 1. The maximum absolute atomic E-state index is 11.2. The SMILES string of the molecule is Cc1ccc(N2NN(C)c3ccc(CCC(=O)O)c(C)c32)cc1Cn1ccnc1C(C)C1CCCCC1.N. The number of aryl methyl sites for hydroxylation is 2. The quantitative estimate of drug-likeness (QED) is 0.316. The Morgan fingerprint density at radius 2 is 1.89 bits per heavy atom. The molecular formula is C30H42N6O2. The molecule has 38 heavy (non-hydrogen) atoms. The molecule has 1 saturated carbocycles. The van der Waals surface area contributed by atoms with Crippen molar-refractivity contribution in [3.05, 3.63) is 70.8 Å². The maximum atomic E-state index is 11.2. The van der Waals surface area contributed by atoms with Crippen LogP contribution < -0.4 is 21.7 Å². The Morgan fingerprint density at radius 1 is 1.13 bits per heavy atom. The van der Waals surface area contributed by atoms with Crippen molar-refractivity contribution in [1.29, 1.82) is 0 Å². The van der Waals surface area contributed by atoms with Crippen LogP contribution in [0.25, 0.3) is 0 Å². The van der Waals surface area contributed by atoms with Gasteiger partial charge in [-0.25, -0.2) is 4.98 Å². The Morgan fingerprint density at radius 3 is 2.63 bits per heavy atom. The van der Waals surface area contributed by atoms with Gasteiger partial charge in [0.05, 0.1) is 17.1 Å². The lowest BCUT2D eigenvalue weighted by atomic mass is 9.80. The summed E-state index contributed by atoms with van der Waals surface area (Å²) in [5, 5.41) is 13.3. The lowest BCUT2D eigenvalue weighted by Gasteiger charge is -2.28. The minimum atomic E-state index is -0.771. The van der Waals surface area contributed by atoms with Crippen molar-refractivity contribution in [2.24, 2.45) is 5.92 Å². The van der Waals surface area contributed by atoms with E-state index in [1.54, 1.807) is 0 Å². The van der Waals surface area contributed by atoms with Crippen LogP contribution in [0, 0.1) is 19.8 Å². The second-order valence-corrected chi connectivity index (χ2v) is 10.8. The predicted octanol–water partition coefficient (Wildman–Crippen LogP) is 6.42. The number of aromatic nitrogens is 2. The minimum absolute atomic E-state index is 0. The van der Waals surface area contributed by atoms with E-state index in [4.69, 9.17) is 4.98 Å². The van der Waals surface area contributed by atoms with E-state index in [1.807, 2.05) is 24.3 Å². The number of carboxylic acid groups (broad SMARTS) is 1. The zero-order valence-electron chi connectivity index (χ0n) is 23.2. The summed E-state index contributed by atoms with van der Waals surface area (Å²) in [5.41, 5.74) is 11.4. The lowest BCUT2D eigenvalue weighted by molar-refractivity contribution is -0.136. The first kappa shape index (κ1) is 27.7. The van der Waals surface area contributed by atoms with E-state index >= 15 is 0 Å². The molecular weight excluding hydrogens is 476 g/mol. The number of fused-ring (bicyclic) bond motifs is 1. The molecule has 1 aliphatic heterocycles. The average molecular weight is 519 g/mol. The molecule has 3 aromatic rings. The maximum Gasteiger partial charge on any atom is 0.303 e. The number of hydrogen-bond donors (Lipinski definition) is 3. The van der Waals surface area contributed by atoms with E-state index in [1.165, 1.54) is 49.1 Å². The van der Waals surface area contributed by atoms with E-state index in [2.05, 4.69) is 66.3 Å². The van der Waals surface area contributed by atoms with Crippen LogP contribution in [0.15, 0.2) is 42.7 Å². The van der Waals surface area contributed by atoms with Gasteiger partial charge in [-0.3, -0.25) is 14.8 Å². The lowest BCUT2D eigenvalue weighted by Crippen LogP contribution is -2.39. The third-order valence-corrected chi connectivity index (χ3v) is 8.41. The van der Waals surface area contributed by atoms with E-state index in [0.29, 0.717) is 12.3 Å². The number of imidazole rings is 1. The van der Waals surface area contributed by atoms with Crippen LogP contribution in [0.1, 0.15) is 79.4 Å². The van der Waals surface area contributed by atoms with Crippen molar-refractivity contribution in [3.8, 4) is 0 Å². The number of rotatable bonds is 8. The van der Waals surface area contributed by atoms with Gasteiger partial charge in [-0.15, -0.1) is 5.53 Å². The van der Waals surface area contributed by atoms with E-state index in [-0.39, 0.29) is 12.6 Å². The summed E-state index contributed by atoms with van der Waals surface area (Å²) in [6.07, 6.45) is 11.4. The van der Waals surface area contributed by atoms with Gasteiger partial charge >= 0.3 is 5.97 Å². The molecule has 2 aromatic carbocycles. The molecule has 1 fully saturated rings. The molecule has 0 saturated heterocycles. The number of hydrogen-bond acceptors (Lipinski definition) is 6. The van der Waals surface area contributed by atoms with Crippen LogP contribution >= 0.6 is 0 Å². The van der Waals surface area contributed by atoms with Crippen LogP contribution in [0.2, 0.25) is 0 Å². The van der Waals surface area contributed by atoms with Crippen LogP contribution in [-0.4, -0.2) is 27.7 Å². The highest BCUT2D eigenvalue weighted by Gasteiger charge is 2.28. The number of aliphatic carboxylic acids is 1. The van der Waals surface area contributed by atoms with Crippen LogP contribution in [0.4, 0.5) is 17.1 Å². The van der Waals surface area contributed by atoms with Crippen molar-refractivity contribution in [3.63, 3.8) is 0 Å². The predicted molar refractivity (Wildman–Crippen MR) is 153 cm³/mol. The molecule has 0 radical (unpaired) electrons. The highest BCUT2D eigenvalue weighted by Crippen LogP contribution is 2.42. The molecule has 5 N–H and O–H groups in total. The molecule has 1 atom stereocenters. The summed E-state index contributed by atoms with van der Waals surface area (Å²) >= 11 is 0. The van der Waals surface area contributed by atoms with Gasteiger partial charge in [-0.2, -0.15) is 0 Å². The first-order valence-electron chi connectivity index (χ1n) is 13.6. The first-order chi connectivity index (χ1) is 17.8. The largest absolute Gasteiger partial charge is 0.481 e. The summed E-state index contributed by atoms with van der Waals surface area (Å²) < 4.78 is 2.33. The molecule has 0 spiro atoms. The highest BCUT2D eigenvalue weighted by atomic mass is 16.4. The number of hydrazine groups is 2. The monoisotopic (exact) mass is 518 g/mol. The van der Waals surface area contributed by atoms with Crippen molar-refractivity contribution in [2.45, 2.75) is 78.2 Å². The zero-order valence-corrected chi connectivity index (χ0v) is 23.2. The fourth-order valence-corrected chi connectivity index (χ4v) is 6.08. The Labute approximate surface area is 226 Å². The minimum Gasteiger partial charge on any atom is -0.481 e. The Balaban J connectivity index is 0.00000336. The summed E-state index contributed by atoms with van der Waals surface area (Å²) in [4.78, 5) is 16.0. The number of nitrogens with one attached hydrogen (secondary N) is 1. The molecule has 0 amide bonds. The molecule has 2 heterocycles. The molecule has 1 aliphatic carbocycles. The fraction of sp³-hybridized carbons (Fsp3) is 0.467. The second kappa shape index (κ2) is 11.6. The van der Waals surface area contributed by atoms with Crippen molar-refractivity contribution < 1.29 is 9.90 Å². The Hall–Kier alpha value is -3.36. The topological polar surface area (TPSA) is 109 Å². The van der Waals surface area contributed by atoms with E-state index in [0.717, 1.165) is 40.7 Å². The van der Waals surface area contributed by atoms with Gasteiger partial charge in [-0.05, 0) is 79.5 Å². The standard InChI is InChI=1S/C30H39N5O2.H3N/c1-20-10-13-26(35-29-21(2)24(12-15-28(36)37)11-14-27(29)33(4)32-35)18-25(20)19-34-17-16-31-30(34)22(3)23-8-6-5-7-9-23;/h10-11,13-14,16-18,22-23,32H,5-9,12,15,19H2,1-4H3,(H,36,37);1H3. The smallest absolute Gasteiger partial charge is 0.303 e. The van der Waals surface area contributed by atoms with Gasteiger partial charge in [0.25, 0.3) is 0 Å². The molecule has 1 aromatic heterocycles. The number of nitrogens with zero attached hydrogens (tertiary/aromatic N) is 4. The van der Waals surface area contributed by atoms with Crippen LogP contribution in [0.3, 0.4) is 0 Å². The highest BCUT2D eigenvalue weighted by molar-refractivity contribution is 5.84. The fourth-order valence-electron chi connectivity index (χ4n) is 6.08. The molecule has 0 bridgehead atoms. The normalized spacial score (nSPS) is 16.3. The van der Waals surface area contributed by atoms with E-state index < -0.39 is 5.97 Å². The number of benzene rings is 2. The zero-order chi connectivity index (χ0) is 26.1. The second-order valence-electron chi connectivity index (χ2n) is 10.8. The Kier molecular flexibility index (Phi) is 8.43. The van der Waals surface area contributed by atoms with Crippen molar-refractivity contribution in [1.82, 2.24) is 21.2 Å². The molecule has 8 heteroatoms. The summed E-state index contributed by atoms with van der Waals surface area (Å²) in [6, 6.07) is 10.7. The van der Waals surface area contributed by atoms with Crippen LogP contribution in [-0.2, 0) is 17.8 Å². The summed E-state index contributed by atoms with van der Waals surface area (Å²) in [5.74, 6) is 1.61. The molecule has 204 valence electrons. The molecule has 1 unspecified atom stereocenters. The molecule has 2 aliphatic rings. The van der Waals surface area contributed by atoms with Gasteiger partial charge in [0.2, 0.25) is 0 Å². The van der Waals surface area contributed by atoms with Crippen molar-refractivity contribution in [2.75, 3.05) is 17.1 Å². The third kappa shape index (κ3) is 5.42.